The van der Waals surface area contributed by atoms with Crippen molar-refractivity contribution in [3.63, 3.8) is 0 Å². The van der Waals surface area contributed by atoms with E-state index in [-0.39, 0.29) is 5.97 Å². The number of esters is 1. The number of carbonyl (C=O) groups is 1. The lowest BCUT2D eigenvalue weighted by Crippen LogP contribution is -2.56. The van der Waals surface area contributed by atoms with E-state index >= 15 is 0 Å². The topological polar surface area (TPSA) is 70.8 Å². The van der Waals surface area contributed by atoms with Crippen molar-refractivity contribution in [1.29, 1.82) is 0 Å². The van der Waals surface area contributed by atoms with E-state index in [9.17, 15) is 4.79 Å². The zero-order chi connectivity index (χ0) is 13.2. The standard InChI is InChI=1S/C13H17NO4/c1-16-10-5-3-9(4-6-10)11(14)13(7-18-8-13)12(15)17-2/h3-6,11H,7-8,14H2,1-2H3. The summed E-state index contributed by atoms with van der Waals surface area (Å²) in [5.41, 5.74) is 6.29. The molecule has 98 valence electrons. The van der Waals surface area contributed by atoms with Crippen molar-refractivity contribution in [2.45, 2.75) is 6.04 Å². The molecule has 0 aromatic heterocycles. The highest BCUT2D eigenvalue weighted by Crippen LogP contribution is 2.40. The molecule has 1 aromatic rings. The van der Waals surface area contributed by atoms with Gasteiger partial charge in [0.1, 0.15) is 11.2 Å². The number of methoxy groups -OCH3 is 2. The first-order valence-electron chi connectivity index (χ1n) is 5.70. The summed E-state index contributed by atoms with van der Waals surface area (Å²) in [6.45, 7) is 0.597. The lowest BCUT2D eigenvalue weighted by atomic mass is 9.75. The van der Waals surface area contributed by atoms with Crippen LogP contribution in [0.2, 0.25) is 0 Å². The van der Waals surface area contributed by atoms with Gasteiger partial charge in [-0.3, -0.25) is 4.79 Å². The summed E-state index contributed by atoms with van der Waals surface area (Å²) in [5, 5.41) is 0. The maximum Gasteiger partial charge on any atom is 0.318 e. The van der Waals surface area contributed by atoms with Crippen molar-refractivity contribution in [2.24, 2.45) is 11.1 Å². The van der Waals surface area contributed by atoms with Gasteiger partial charge in [0.15, 0.2) is 0 Å². The molecule has 2 N–H and O–H groups in total. The van der Waals surface area contributed by atoms with Crippen LogP contribution in [-0.2, 0) is 14.3 Å². The van der Waals surface area contributed by atoms with E-state index in [1.165, 1.54) is 7.11 Å². The number of nitrogens with two attached hydrogens (primary N) is 1. The second-order valence-electron chi connectivity index (χ2n) is 4.39. The van der Waals surface area contributed by atoms with E-state index in [0.717, 1.165) is 11.3 Å². The molecule has 0 aliphatic carbocycles. The van der Waals surface area contributed by atoms with Crippen LogP contribution >= 0.6 is 0 Å². The Kier molecular flexibility index (Phi) is 3.54. The fourth-order valence-electron chi connectivity index (χ4n) is 2.08. The van der Waals surface area contributed by atoms with Crippen LogP contribution in [0.4, 0.5) is 0 Å². The number of ether oxygens (including phenoxy) is 3. The third-order valence-corrected chi connectivity index (χ3v) is 3.38. The minimum absolute atomic E-state index is 0.298. The molecule has 0 saturated carbocycles. The van der Waals surface area contributed by atoms with E-state index < -0.39 is 11.5 Å². The second kappa shape index (κ2) is 4.96. The van der Waals surface area contributed by atoms with Gasteiger partial charge in [-0.2, -0.15) is 0 Å². The molecular formula is C13H17NO4. The molecule has 0 amide bonds. The molecule has 1 fully saturated rings. The highest BCUT2D eigenvalue weighted by molar-refractivity contribution is 5.79. The Labute approximate surface area is 106 Å². The van der Waals surface area contributed by atoms with Gasteiger partial charge in [0.2, 0.25) is 0 Å². The molecule has 2 rings (SSSR count). The van der Waals surface area contributed by atoms with Crippen LogP contribution in [0.3, 0.4) is 0 Å². The fourth-order valence-corrected chi connectivity index (χ4v) is 2.08. The van der Waals surface area contributed by atoms with Gasteiger partial charge in [0.05, 0.1) is 33.5 Å². The summed E-state index contributed by atoms with van der Waals surface area (Å²) >= 11 is 0. The smallest absolute Gasteiger partial charge is 0.318 e. The molecule has 1 aliphatic rings. The summed E-state index contributed by atoms with van der Waals surface area (Å²) in [7, 11) is 2.97. The molecular weight excluding hydrogens is 234 g/mol. The molecule has 1 aromatic carbocycles. The van der Waals surface area contributed by atoms with Gasteiger partial charge >= 0.3 is 5.97 Å². The Morgan fingerprint density at radius 3 is 2.33 bits per heavy atom. The van der Waals surface area contributed by atoms with Crippen molar-refractivity contribution in [2.75, 3.05) is 27.4 Å². The Morgan fingerprint density at radius 2 is 1.94 bits per heavy atom. The van der Waals surface area contributed by atoms with E-state index in [1.807, 2.05) is 24.3 Å². The van der Waals surface area contributed by atoms with Crippen molar-refractivity contribution in [3.05, 3.63) is 29.8 Å². The predicted molar refractivity (Wildman–Crippen MR) is 65.2 cm³/mol. The first kappa shape index (κ1) is 12.9. The maximum absolute atomic E-state index is 11.8. The third kappa shape index (κ3) is 1.95. The van der Waals surface area contributed by atoms with Crippen LogP contribution in [0, 0.1) is 5.41 Å². The van der Waals surface area contributed by atoms with Gasteiger partial charge in [0.25, 0.3) is 0 Å². The molecule has 0 spiro atoms. The highest BCUT2D eigenvalue weighted by atomic mass is 16.5. The fraction of sp³-hybridized carbons (Fsp3) is 0.462. The Balaban J connectivity index is 2.23. The molecule has 1 atom stereocenters. The van der Waals surface area contributed by atoms with Gasteiger partial charge in [-0.25, -0.2) is 0 Å². The minimum Gasteiger partial charge on any atom is -0.497 e. The van der Waals surface area contributed by atoms with Crippen molar-refractivity contribution in [1.82, 2.24) is 0 Å². The van der Waals surface area contributed by atoms with Crippen LogP contribution in [0.15, 0.2) is 24.3 Å². The average molecular weight is 251 g/mol. The van der Waals surface area contributed by atoms with Crippen LogP contribution in [0.5, 0.6) is 5.75 Å². The first-order valence-corrected chi connectivity index (χ1v) is 5.70. The molecule has 0 radical (unpaired) electrons. The zero-order valence-corrected chi connectivity index (χ0v) is 10.5. The van der Waals surface area contributed by atoms with E-state index in [2.05, 4.69) is 0 Å². The van der Waals surface area contributed by atoms with Crippen LogP contribution in [0.25, 0.3) is 0 Å². The van der Waals surface area contributed by atoms with Gasteiger partial charge in [-0.1, -0.05) is 12.1 Å². The van der Waals surface area contributed by atoms with Gasteiger partial charge < -0.3 is 19.9 Å². The first-order chi connectivity index (χ1) is 8.64. The van der Waals surface area contributed by atoms with Gasteiger partial charge in [0, 0.05) is 0 Å². The molecule has 1 unspecified atom stereocenters. The van der Waals surface area contributed by atoms with Gasteiger partial charge in [-0.05, 0) is 17.7 Å². The second-order valence-corrected chi connectivity index (χ2v) is 4.39. The van der Waals surface area contributed by atoms with E-state index in [0.29, 0.717) is 13.2 Å². The third-order valence-electron chi connectivity index (χ3n) is 3.38. The summed E-state index contributed by atoms with van der Waals surface area (Å²) in [6, 6.07) is 6.91. The lowest BCUT2D eigenvalue weighted by molar-refractivity contribution is -0.188. The molecule has 1 aliphatic heterocycles. The Bertz CT molecular complexity index is 425. The highest BCUT2D eigenvalue weighted by Gasteiger charge is 2.52. The molecule has 1 heterocycles. The number of rotatable bonds is 4. The van der Waals surface area contributed by atoms with Crippen molar-refractivity contribution in [3.8, 4) is 5.75 Å². The largest absolute Gasteiger partial charge is 0.497 e. The van der Waals surface area contributed by atoms with Crippen molar-refractivity contribution < 1.29 is 19.0 Å². The van der Waals surface area contributed by atoms with Crippen molar-refractivity contribution >= 4 is 5.97 Å². The quantitative estimate of drug-likeness (QED) is 0.804. The molecule has 5 heteroatoms. The number of carbonyl (C=O) groups excluding carboxylic acids is 1. The van der Waals surface area contributed by atoms with Crippen LogP contribution < -0.4 is 10.5 Å². The lowest BCUT2D eigenvalue weighted by Gasteiger charge is -2.42. The Morgan fingerprint density at radius 1 is 1.33 bits per heavy atom. The summed E-state index contributed by atoms with van der Waals surface area (Å²) in [5.74, 6) is 0.431. The summed E-state index contributed by atoms with van der Waals surface area (Å²) < 4.78 is 15.1. The monoisotopic (exact) mass is 251 g/mol. The predicted octanol–water partition coefficient (Wildman–Crippen LogP) is 0.885. The Hall–Kier alpha value is -1.59. The normalized spacial score (nSPS) is 18.6. The molecule has 18 heavy (non-hydrogen) atoms. The van der Waals surface area contributed by atoms with Crippen LogP contribution in [-0.4, -0.2) is 33.4 Å². The summed E-state index contributed by atoms with van der Waals surface area (Å²) in [4.78, 5) is 11.8. The number of benzene rings is 1. The molecule has 5 nitrogen and oxygen atoms in total. The zero-order valence-electron chi connectivity index (χ0n) is 10.5. The number of hydrogen-bond acceptors (Lipinski definition) is 5. The summed E-state index contributed by atoms with van der Waals surface area (Å²) in [6.07, 6.45) is 0. The van der Waals surface area contributed by atoms with E-state index in [1.54, 1.807) is 7.11 Å². The average Bonchev–Trinajstić information content (AvgIpc) is 2.37. The minimum atomic E-state index is -0.761. The van der Waals surface area contributed by atoms with E-state index in [4.69, 9.17) is 19.9 Å². The molecule has 0 bridgehead atoms. The molecule has 1 saturated heterocycles. The number of hydrogen-bond donors (Lipinski definition) is 1. The SMILES string of the molecule is COC(=O)C1(C(N)c2ccc(OC)cc2)COC1. The van der Waals surface area contributed by atoms with Gasteiger partial charge in [-0.15, -0.1) is 0 Å². The van der Waals surface area contributed by atoms with Crippen LogP contribution in [0.1, 0.15) is 11.6 Å². The maximum atomic E-state index is 11.8.